The Balaban J connectivity index is 0.000000346. The number of nitrogens with one attached hydrogen (secondary N) is 2. The van der Waals surface area contributed by atoms with E-state index in [1.165, 1.54) is 0 Å². The standard InChI is InChI=1S/C2H2N8.C2H8N2.Cu/c3-1(4-8-7-3)2-5-9-10-6-2;3-1-2-4;/h(H,3,4,7,8)(H,5,6,9,10);1-4H2;. The SMILES string of the molecule is NCCN.[Cu].n1nc(-c2nn[nH]n2)n[nH]1. The second-order valence-corrected chi connectivity index (χ2v) is 2.05. The maximum atomic E-state index is 4.90. The van der Waals surface area contributed by atoms with Gasteiger partial charge in [-0.1, -0.05) is 0 Å². The zero-order chi connectivity index (χ0) is 10.2. The number of H-pyrrole nitrogens is 2. The van der Waals surface area contributed by atoms with Crippen LogP contribution >= 0.6 is 0 Å². The second-order valence-electron chi connectivity index (χ2n) is 2.05. The fourth-order valence-corrected chi connectivity index (χ4v) is 0.513. The van der Waals surface area contributed by atoms with Crippen LogP contribution in [0.1, 0.15) is 0 Å². The number of rotatable bonds is 2. The van der Waals surface area contributed by atoms with E-state index >= 15 is 0 Å². The molecule has 2 rings (SSSR count). The molecule has 0 aliphatic heterocycles. The van der Waals surface area contributed by atoms with Crippen molar-refractivity contribution in [2.24, 2.45) is 11.5 Å². The maximum Gasteiger partial charge on any atom is 0.245 e. The third-order valence-corrected chi connectivity index (χ3v) is 1.06. The first-order valence-electron chi connectivity index (χ1n) is 3.76. The van der Waals surface area contributed by atoms with Crippen molar-refractivity contribution in [1.29, 1.82) is 0 Å². The third kappa shape index (κ3) is 4.56. The molecule has 0 atom stereocenters. The molecule has 15 heavy (non-hydrogen) atoms. The minimum atomic E-state index is 0. The molecular weight excluding hydrogens is 252 g/mol. The number of nitrogens with zero attached hydrogens (tertiary/aromatic N) is 6. The molecule has 11 heteroatoms. The van der Waals surface area contributed by atoms with Crippen molar-refractivity contribution in [3.63, 3.8) is 0 Å². The van der Waals surface area contributed by atoms with Gasteiger partial charge in [-0.05, 0) is 10.4 Å². The Morgan fingerprint density at radius 2 is 1.27 bits per heavy atom. The van der Waals surface area contributed by atoms with Crippen LogP contribution in [-0.4, -0.2) is 54.3 Å². The number of hydrogen-bond acceptors (Lipinski definition) is 8. The van der Waals surface area contributed by atoms with Crippen molar-refractivity contribution < 1.29 is 17.1 Å². The largest absolute Gasteiger partial charge is 0.329 e. The smallest absolute Gasteiger partial charge is 0.245 e. The van der Waals surface area contributed by atoms with Crippen LogP contribution in [0.15, 0.2) is 0 Å². The average molecular weight is 262 g/mol. The van der Waals surface area contributed by atoms with E-state index in [0.29, 0.717) is 24.7 Å². The van der Waals surface area contributed by atoms with E-state index in [1.807, 2.05) is 0 Å². The summed E-state index contributed by atoms with van der Waals surface area (Å²) in [5.41, 5.74) is 9.81. The number of tetrazole rings is 2. The van der Waals surface area contributed by atoms with Gasteiger partial charge in [0.05, 0.1) is 0 Å². The molecule has 0 fully saturated rings. The van der Waals surface area contributed by atoms with Crippen LogP contribution < -0.4 is 11.5 Å². The molecule has 87 valence electrons. The van der Waals surface area contributed by atoms with Gasteiger partial charge >= 0.3 is 0 Å². The third-order valence-electron chi connectivity index (χ3n) is 1.06. The minimum Gasteiger partial charge on any atom is -0.329 e. The van der Waals surface area contributed by atoms with E-state index in [-0.39, 0.29) is 17.1 Å². The van der Waals surface area contributed by atoms with Crippen molar-refractivity contribution in [3.05, 3.63) is 0 Å². The summed E-state index contributed by atoms with van der Waals surface area (Å²) in [5, 5.41) is 25.7. The van der Waals surface area contributed by atoms with Crippen LogP contribution in [-0.2, 0) is 17.1 Å². The Kier molecular flexibility index (Phi) is 7.18. The maximum absolute atomic E-state index is 4.90. The fraction of sp³-hybridized carbons (Fsp3) is 0.500. The first kappa shape index (κ1) is 13.6. The topological polar surface area (TPSA) is 161 Å². The monoisotopic (exact) mass is 261 g/mol. The minimum absolute atomic E-state index is 0. The number of aromatic nitrogens is 8. The Bertz CT molecular complexity index is 281. The first-order chi connectivity index (χ1) is 6.88. The molecule has 2 heterocycles. The summed E-state index contributed by atoms with van der Waals surface area (Å²) in [4.78, 5) is 0. The molecule has 0 aromatic carbocycles. The van der Waals surface area contributed by atoms with E-state index in [1.54, 1.807) is 0 Å². The van der Waals surface area contributed by atoms with Crippen LogP contribution in [0.4, 0.5) is 0 Å². The molecule has 0 bridgehead atoms. The molecule has 2 aromatic heterocycles. The van der Waals surface area contributed by atoms with E-state index in [4.69, 9.17) is 11.5 Å². The Hall–Kier alpha value is -1.42. The summed E-state index contributed by atoms with van der Waals surface area (Å²) in [5.74, 6) is 0.655. The molecule has 1 radical (unpaired) electrons. The van der Waals surface area contributed by atoms with E-state index in [0.717, 1.165) is 0 Å². The predicted molar refractivity (Wildman–Crippen MR) is 45.5 cm³/mol. The molecule has 0 amide bonds. The first-order valence-corrected chi connectivity index (χ1v) is 3.76. The summed E-state index contributed by atoms with van der Waals surface area (Å²) in [7, 11) is 0. The molecule has 6 N–H and O–H groups in total. The molecular formula is C4H10CuN10. The Morgan fingerprint density at radius 1 is 0.867 bits per heavy atom. The van der Waals surface area contributed by atoms with Gasteiger partial charge in [-0.2, -0.15) is 10.4 Å². The number of hydrogen-bond donors (Lipinski definition) is 4. The summed E-state index contributed by atoms with van der Waals surface area (Å²) < 4.78 is 0. The predicted octanol–water partition coefficient (Wildman–Crippen LogP) is -2.72. The van der Waals surface area contributed by atoms with Gasteiger partial charge in [0.25, 0.3) is 0 Å². The fourth-order valence-electron chi connectivity index (χ4n) is 0.513. The van der Waals surface area contributed by atoms with Crippen molar-refractivity contribution in [2.75, 3.05) is 13.1 Å². The quantitative estimate of drug-likeness (QED) is 0.424. The van der Waals surface area contributed by atoms with Gasteiger partial charge in [-0.15, -0.1) is 20.4 Å². The van der Waals surface area contributed by atoms with Gasteiger partial charge < -0.3 is 11.5 Å². The van der Waals surface area contributed by atoms with Gasteiger partial charge in [0.1, 0.15) is 0 Å². The Morgan fingerprint density at radius 3 is 1.47 bits per heavy atom. The van der Waals surface area contributed by atoms with Crippen LogP contribution in [0, 0.1) is 0 Å². The number of aromatic amines is 2. The van der Waals surface area contributed by atoms with Gasteiger partial charge in [-0.25, -0.2) is 0 Å². The van der Waals surface area contributed by atoms with Crippen LogP contribution in [0.25, 0.3) is 11.6 Å². The van der Waals surface area contributed by atoms with E-state index in [2.05, 4.69) is 41.2 Å². The summed E-state index contributed by atoms with van der Waals surface area (Å²) in [6.45, 7) is 1.19. The summed E-state index contributed by atoms with van der Waals surface area (Å²) >= 11 is 0. The van der Waals surface area contributed by atoms with Crippen molar-refractivity contribution >= 4 is 0 Å². The summed E-state index contributed by atoms with van der Waals surface area (Å²) in [6.07, 6.45) is 0. The van der Waals surface area contributed by atoms with Gasteiger partial charge in [0, 0.05) is 30.2 Å². The molecule has 0 saturated carbocycles. The molecule has 0 unspecified atom stereocenters. The molecule has 0 spiro atoms. The average Bonchev–Trinajstić information content (AvgIpc) is 2.89. The van der Waals surface area contributed by atoms with Gasteiger partial charge in [0.2, 0.25) is 11.6 Å². The zero-order valence-corrected chi connectivity index (χ0v) is 8.50. The zero-order valence-electron chi connectivity index (χ0n) is 7.55. The van der Waals surface area contributed by atoms with Crippen molar-refractivity contribution in [3.8, 4) is 11.6 Å². The van der Waals surface area contributed by atoms with Gasteiger partial charge in [-0.3, -0.25) is 0 Å². The van der Waals surface area contributed by atoms with Crippen LogP contribution in [0.2, 0.25) is 0 Å². The molecule has 0 saturated heterocycles. The van der Waals surface area contributed by atoms with Crippen LogP contribution in [0.5, 0.6) is 0 Å². The molecule has 10 nitrogen and oxygen atoms in total. The number of nitrogens with two attached hydrogens (primary N) is 2. The van der Waals surface area contributed by atoms with Crippen molar-refractivity contribution in [1.82, 2.24) is 41.2 Å². The van der Waals surface area contributed by atoms with E-state index in [9.17, 15) is 0 Å². The van der Waals surface area contributed by atoms with Gasteiger partial charge in [0.15, 0.2) is 0 Å². The summed E-state index contributed by atoms with van der Waals surface area (Å²) in [6, 6.07) is 0. The molecule has 0 aliphatic rings. The molecule has 0 aliphatic carbocycles. The van der Waals surface area contributed by atoms with Crippen LogP contribution in [0.3, 0.4) is 0 Å². The second kappa shape index (κ2) is 7.94. The normalized spacial score (nSPS) is 8.67. The van der Waals surface area contributed by atoms with Crippen molar-refractivity contribution in [2.45, 2.75) is 0 Å². The van der Waals surface area contributed by atoms with E-state index < -0.39 is 0 Å². The Labute approximate surface area is 95.0 Å². The molecule has 2 aromatic rings.